The number of hydrogen-bond donors (Lipinski definition) is 1. The van der Waals surface area contributed by atoms with E-state index in [1.807, 2.05) is 5.32 Å². The van der Waals surface area contributed by atoms with Crippen molar-refractivity contribution in [2.45, 2.75) is 25.6 Å². The zero-order valence-corrected chi connectivity index (χ0v) is 16.9. The number of carbonyl (C=O) groups is 2. The van der Waals surface area contributed by atoms with Gasteiger partial charge in [-0.15, -0.1) is 13.2 Å². The normalized spacial score (nSPS) is 12.8. The van der Waals surface area contributed by atoms with E-state index in [4.69, 9.17) is 4.74 Å². The maximum absolute atomic E-state index is 13.2. The molecule has 2 aromatic carbocycles. The molecule has 0 aromatic heterocycles. The lowest BCUT2D eigenvalue weighted by atomic mass is 10.1. The van der Waals surface area contributed by atoms with Crippen LogP contribution in [0.15, 0.2) is 48.5 Å². The van der Waals surface area contributed by atoms with E-state index in [-0.39, 0.29) is 11.6 Å². The molecule has 2 aromatic rings. The number of carbonyl (C=O) groups excluding carboxylic acids is 2. The number of nitrogens with zero attached hydrogens (tertiary/aromatic N) is 1. The Morgan fingerprint density at radius 3 is 2.21 bits per heavy atom. The molecule has 0 heterocycles. The van der Waals surface area contributed by atoms with Crippen LogP contribution in [-0.4, -0.2) is 29.3 Å². The van der Waals surface area contributed by atoms with Gasteiger partial charge in [-0.25, -0.2) is 4.79 Å². The van der Waals surface area contributed by atoms with Crippen LogP contribution in [-0.2, 0) is 20.5 Å². The number of amides is 1. The Morgan fingerprint density at radius 1 is 1.06 bits per heavy atom. The SMILES string of the molecule is CC(OC(=O)/C=C/c1ccc(OC(F)(F)F)cc1)C(=O)Nc1ccc([N+](=O)[O-])cc1C(F)(F)F. The summed E-state index contributed by atoms with van der Waals surface area (Å²) in [5.74, 6) is -2.70. The molecule has 0 aliphatic rings. The van der Waals surface area contributed by atoms with E-state index in [2.05, 4.69) is 4.74 Å². The highest BCUT2D eigenvalue weighted by atomic mass is 19.4. The first-order valence-electron chi connectivity index (χ1n) is 9.07. The molecule has 1 unspecified atom stereocenters. The van der Waals surface area contributed by atoms with Gasteiger partial charge in [0.05, 0.1) is 16.2 Å². The smallest absolute Gasteiger partial charge is 0.449 e. The molecule has 1 atom stereocenters. The molecule has 0 saturated heterocycles. The van der Waals surface area contributed by atoms with E-state index >= 15 is 0 Å². The van der Waals surface area contributed by atoms with Crippen LogP contribution in [0.1, 0.15) is 18.1 Å². The summed E-state index contributed by atoms with van der Waals surface area (Å²) >= 11 is 0. The number of halogens is 6. The molecule has 0 bridgehead atoms. The summed E-state index contributed by atoms with van der Waals surface area (Å²) in [6.07, 6.45) is -9.44. The zero-order valence-electron chi connectivity index (χ0n) is 16.9. The van der Waals surface area contributed by atoms with Crippen molar-refractivity contribution in [1.29, 1.82) is 0 Å². The second-order valence-corrected chi connectivity index (χ2v) is 6.50. The van der Waals surface area contributed by atoms with Crippen molar-refractivity contribution in [3.8, 4) is 5.75 Å². The van der Waals surface area contributed by atoms with E-state index in [9.17, 15) is 46.0 Å². The van der Waals surface area contributed by atoms with E-state index < -0.39 is 58.1 Å². The quantitative estimate of drug-likeness (QED) is 0.190. The Kier molecular flexibility index (Phi) is 7.87. The first-order chi connectivity index (χ1) is 15.7. The Balaban J connectivity index is 2.02. The third kappa shape index (κ3) is 7.79. The third-order valence-electron chi connectivity index (χ3n) is 3.96. The second-order valence-electron chi connectivity index (χ2n) is 6.50. The molecule has 0 aliphatic carbocycles. The number of non-ortho nitro benzene ring substituents is 1. The van der Waals surface area contributed by atoms with Gasteiger partial charge in [-0.1, -0.05) is 12.1 Å². The van der Waals surface area contributed by atoms with Crippen LogP contribution in [0.2, 0.25) is 0 Å². The molecule has 0 aliphatic heterocycles. The van der Waals surface area contributed by atoms with E-state index in [0.29, 0.717) is 6.07 Å². The number of anilines is 1. The Labute approximate surface area is 186 Å². The van der Waals surface area contributed by atoms with Gasteiger partial charge >= 0.3 is 18.5 Å². The van der Waals surface area contributed by atoms with Crippen molar-refractivity contribution < 1.29 is 50.3 Å². The maximum Gasteiger partial charge on any atom is 0.573 e. The van der Waals surface area contributed by atoms with Gasteiger partial charge in [0.2, 0.25) is 0 Å². The predicted molar refractivity (Wildman–Crippen MR) is 104 cm³/mol. The van der Waals surface area contributed by atoms with E-state index in [1.54, 1.807) is 0 Å². The number of ether oxygens (including phenoxy) is 2. The van der Waals surface area contributed by atoms with Gasteiger partial charge in [0, 0.05) is 18.2 Å². The van der Waals surface area contributed by atoms with Crippen molar-refractivity contribution in [1.82, 2.24) is 0 Å². The molecular formula is C20H14F6N2O6. The van der Waals surface area contributed by atoms with Crippen molar-refractivity contribution in [2.75, 3.05) is 5.32 Å². The van der Waals surface area contributed by atoms with Crippen LogP contribution >= 0.6 is 0 Å². The van der Waals surface area contributed by atoms with Crippen LogP contribution < -0.4 is 10.1 Å². The number of esters is 1. The van der Waals surface area contributed by atoms with Gasteiger partial charge in [-0.05, 0) is 36.8 Å². The number of hydrogen-bond acceptors (Lipinski definition) is 6. The van der Waals surface area contributed by atoms with Gasteiger partial charge in [0.25, 0.3) is 11.6 Å². The number of rotatable bonds is 7. The molecule has 0 fully saturated rings. The molecule has 0 saturated carbocycles. The highest BCUT2D eigenvalue weighted by Crippen LogP contribution is 2.37. The number of nitro groups is 1. The third-order valence-corrected chi connectivity index (χ3v) is 3.96. The topological polar surface area (TPSA) is 108 Å². The molecule has 1 N–H and O–H groups in total. The van der Waals surface area contributed by atoms with Crippen molar-refractivity contribution >= 4 is 29.3 Å². The number of benzene rings is 2. The maximum atomic E-state index is 13.2. The first-order valence-corrected chi connectivity index (χ1v) is 9.07. The summed E-state index contributed by atoms with van der Waals surface area (Å²) in [6, 6.07) is 6.10. The van der Waals surface area contributed by atoms with Gasteiger partial charge in [0.1, 0.15) is 5.75 Å². The van der Waals surface area contributed by atoms with Crippen LogP contribution in [0.5, 0.6) is 5.75 Å². The summed E-state index contributed by atoms with van der Waals surface area (Å²) in [5.41, 5.74) is -2.80. The summed E-state index contributed by atoms with van der Waals surface area (Å²) < 4.78 is 84.5. The fourth-order valence-corrected chi connectivity index (χ4v) is 2.44. The van der Waals surface area contributed by atoms with Crippen molar-refractivity contribution in [3.05, 3.63) is 69.8 Å². The average Bonchev–Trinajstić information content (AvgIpc) is 2.71. The highest BCUT2D eigenvalue weighted by Gasteiger charge is 2.36. The summed E-state index contributed by atoms with van der Waals surface area (Å²) in [5, 5.41) is 12.6. The average molecular weight is 492 g/mol. The molecule has 14 heteroatoms. The number of nitro benzene ring substituents is 1. The number of alkyl halides is 6. The number of nitrogens with one attached hydrogen (secondary N) is 1. The Morgan fingerprint density at radius 2 is 1.68 bits per heavy atom. The highest BCUT2D eigenvalue weighted by molar-refractivity contribution is 5.97. The monoisotopic (exact) mass is 492 g/mol. The van der Waals surface area contributed by atoms with Crippen molar-refractivity contribution in [2.24, 2.45) is 0 Å². The summed E-state index contributed by atoms with van der Waals surface area (Å²) in [4.78, 5) is 33.7. The minimum absolute atomic E-state index is 0.250. The molecule has 1 amide bonds. The van der Waals surface area contributed by atoms with Gasteiger partial charge < -0.3 is 14.8 Å². The molecule has 34 heavy (non-hydrogen) atoms. The molecule has 8 nitrogen and oxygen atoms in total. The summed E-state index contributed by atoms with van der Waals surface area (Å²) in [7, 11) is 0. The molecule has 0 spiro atoms. The minimum Gasteiger partial charge on any atom is -0.449 e. The van der Waals surface area contributed by atoms with Gasteiger partial charge in [-0.3, -0.25) is 14.9 Å². The fraction of sp³-hybridized carbons (Fsp3) is 0.200. The Hall–Kier alpha value is -4.10. The van der Waals surface area contributed by atoms with E-state index in [0.717, 1.165) is 37.3 Å². The van der Waals surface area contributed by atoms with E-state index in [1.165, 1.54) is 12.1 Å². The molecule has 0 radical (unpaired) electrons. The minimum atomic E-state index is -5.02. The Bertz CT molecular complexity index is 1100. The second kappa shape index (κ2) is 10.2. The molecule has 2 rings (SSSR count). The van der Waals surface area contributed by atoms with Crippen LogP contribution in [0.25, 0.3) is 6.08 Å². The lowest BCUT2D eigenvalue weighted by Crippen LogP contribution is -2.30. The van der Waals surface area contributed by atoms with Crippen LogP contribution in [0.3, 0.4) is 0 Å². The largest absolute Gasteiger partial charge is 0.573 e. The zero-order chi connectivity index (χ0) is 25.7. The predicted octanol–water partition coefficient (Wildman–Crippen LogP) is 5.10. The van der Waals surface area contributed by atoms with Crippen LogP contribution in [0, 0.1) is 10.1 Å². The van der Waals surface area contributed by atoms with Crippen LogP contribution in [0.4, 0.5) is 37.7 Å². The fourth-order valence-electron chi connectivity index (χ4n) is 2.44. The molecular weight excluding hydrogens is 478 g/mol. The standard InChI is InChI=1S/C20H14F6N2O6/c1-11(18(30)27-16-8-5-13(28(31)32)10-15(16)19(21,22)23)33-17(29)9-4-12-2-6-14(7-3-12)34-20(24,25)26/h2-11H,1H3,(H,27,30)/b9-4+. The lowest BCUT2D eigenvalue weighted by Gasteiger charge is -2.16. The van der Waals surface area contributed by atoms with Crippen molar-refractivity contribution in [3.63, 3.8) is 0 Å². The summed E-state index contributed by atoms with van der Waals surface area (Å²) in [6.45, 7) is 1.07. The molecule has 182 valence electrons. The van der Waals surface area contributed by atoms with Gasteiger partial charge in [-0.2, -0.15) is 13.2 Å². The van der Waals surface area contributed by atoms with Gasteiger partial charge in [0.15, 0.2) is 6.10 Å². The lowest BCUT2D eigenvalue weighted by molar-refractivity contribution is -0.385. The first kappa shape index (κ1) is 26.2.